The van der Waals surface area contributed by atoms with Crippen LogP contribution in [0.4, 0.5) is 21.6 Å². The Morgan fingerprint density at radius 1 is 1.14 bits per heavy atom. The van der Waals surface area contributed by atoms with E-state index in [-0.39, 0.29) is 11.5 Å². The van der Waals surface area contributed by atoms with E-state index >= 15 is 4.39 Å². The fourth-order valence-corrected chi connectivity index (χ4v) is 6.23. The molecule has 0 bridgehead atoms. The van der Waals surface area contributed by atoms with Crippen molar-refractivity contribution in [1.29, 1.82) is 0 Å². The van der Waals surface area contributed by atoms with Crippen molar-refractivity contribution >= 4 is 44.0 Å². The van der Waals surface area contributed by atoms with Gasteiger partial charge >= 0.3 is 0 Å². The van der Waals surface area contributed by atoms with E-state index in [1.807, 2.05) is 11.9 Å². The Hall–Kier alpha value is -3.31. The van der Waals surface area contributed by atoms with Crippen LogP contribution in [0.1, 0.15) is 24.8 Å². The summed E-state index contributed by atoms with van der Waals surface area (Å²) >= 11 is 0. The van der Waals surface area contributed by atoms with Crippen LogP contribution in [0.15, 0.2) is 30.6 Å². The third-order valence-electron chi connectivity index (χ3n) is 7.76. The van der Waals surface area contributed by atoms with Gasteiger partial charge in [0.2, 0.25) is 15.9 Å². The van der Waals surface area contributed by atoms with E-state index in [2.05, 4.69) is 20.0 Å². The Labute approximate surface area is 208 Å². The van der Waals surface area contributed by atoms with Crippen LogP contribution < -0.4 is 19.8 Å². The lowest BCUT2D eigenvalue weighted by atomic mass is 9.64. The van der Waals surface area contributed by atoms with Crippen molar-refractivity contribution in [2.45, 2.75) is 30.7 Å². The van der Waals surface area contributed by atoms with Crippen molar-refractivity contribution in [2.24, 2.45) is 0 Å². The number of carbonyl (C=O) groups excluding carboxylic acids is 1. The maximum Gasteiger partial charge on any atom is 0.237 e. The fraction of sp³-hybridized carbons (Fsp3) is 0.400. The van der Waals surface area contributed by atoms with Gasteiger partial charge in [0.25, 0.3) is 0 Å². The van der Waals surface area contributed by atoms with Crippen molar-refractivity contribution in [3.8, 4) is 11.1 Å². The molecule has 2 aromatic heterocycles. The standard InChI is InChI=1S/C25H27FN6O3S/c1-27-15-12-32(13-15)23-20(30-36(3,34)35)7-14(10-29-23)16-8-17-19(9-18(16)26)28-11-21-22(17)25(5-4-6-25)24(33)31(21)2/h7-11,15,27,30H,4-6,12-13H2,1-3H3. The molecule has 0 atom stereocenters. The molecular weight excluding hydrogens is 483 g/mol. The highest BCUT2D eigenvalue weighted by atomic mass is 32.2. The number of aromatic nitrogens is 2. The van der Waals surface area contributed by atoms with E-state index < -0.39 is 21.3 Å². The molecule has 0 unspecified atom stereocenters. The number of pyridine rings is 2. The van der Waals surface area contributed by atoms with Crippen molar-refractivity contribution in [1.82, 2.24) is 15.3 Å². The van der Waals surface area contributed by atoms with Gasteiger partial charge in [-0.25, -0.2) is 17.8 Å². The number of nitrogens with one attached hydrogen (secondary N) is 2. The molecule has 36 heavy (non-hydrogen) atoms. The van der Waals surface area contributed by atoms with Crippen molar-refractivity contribution in [3.63, 3.8) is 0 Å². The van der Waals surface area contributed by atoms with Crippen LogP contribution in [0, 0.1) is 5.82 Å². The highest BCUT2D eigenvalue weighted by molar-refractivity contribution is 7.92. The maximum atomic E-state index is 15.4. The number of rotatable bonds is 5. The van der Waals surface area contributed by atoms with Crippen LogP contribution in [0.25, 0.3) is 22.0 Å². The second kappa shape index (κ2) is 7.84. The molecule has 3 aromatic rings. The van der Waals surface area contributed by atoms with Gasteiger partial charge in [0.05, 0.1) is 34.8 Å². The number of nitrogens with zero attached hydrogens (tertiary/aromatic N) is 4. The second-order valence-corrected chi connectivity index (χ2v) is 11.8. The number of likely N-dealkylation sites (N-methyl/N-ethyl adjacent to an activating group) is 2. The molecule has 0 radical (unpaired) electrons. The molecule has 1 aliphatic carbocycles. The first-order valence-corrected chi connectivity index (χ1v) is 13.8. The lowest BCUT2D eigenvalue weighted by Gasteiger charge is -2.40. The van der Waals surface area contributed by atoms with Gasteiger partial charge in [-0.3, -0.25) is 14.5 Å². The first-order chi connectivity index (χ1) is 17.1. The van der Waals surface area contributed by atoms with Crippen molar-refractivity contribution in [2.75, 3.05) is 48.0 Å². The number of amides is 1. The van der Waals surface area contributed by atoms with Gasteiger partial charge in [0, 0.05) is 60.5 Å². The number of carbonyl (C=O) groups is 1. The number of fused-ring (bicyclic) bond motifs is 4. The minimum atomic E-state index is -3.59. The van der Waals surface area contributed by atoms with E-state index in [0.717, 1.165) is 42.2 Å². The first kappa shape index (κ1) is 23.1. The summed E-state index contributed by atoms with van der Waals surface area (Å²) in [5.74, 6) is 0.0680. The summed E-state index contributed by atoms with van der Waals surface area (Å²) in [5, 5.41) is 3.92. The van der Waals surface area contributed by atoms with E-state index in [0.29, 0.717) is 41.7 Å². The lowest BCUT2D eigenvalue weighted by Crippen LogP contribution is -2.57. The SMILES string of the molecule is CNC1CN(c2ncc(-c3cc4c5c(cnc4cc3F)N(C)C(=O)C53CCC3)cc2NS(C)(=O)=O)C1. The summed E-state index contributed by atoms with van der Waals surface area (Å²) < 4.78 is 42.2. The molecule has 2 fully saturated rings. The largest absolute Gasteiger partial charge is 0.352 e. The summed E-state index contributed by atoms with van der Waals surface area (Å²) in [6, 6.07) is 5.02. The number of hydrogen-bond donors (Lipinski definition) is 2. The maximum absolute atomic E-state index is 15.4. The van der Waals surface area contributed by atoms with Crippen molar-refractivity contribution in [3.05, 3.63) is 42.0 Å². The number of sulfonamides is 1. The minimum absolute atomic E-state index is 0.0593. The first-order valence-electron chi connectivity index (χ1n) is 11.9. The molecule has 1 saturated heterocycles. The molecule has 2 aliphatic heterocycles. The normalized spacial score (nSPS) is 18.9. The molecule has 1 saturated carbocycles. The number of anilines is 3. The predicted molar refractivity (Wildman–Crippen MR) is 137 cm³/mol. The molecule has 1 amide bonds. The molecule has 11 heteroatoms. The zero-order chi connectivity index (χ0) is 25.4. The molecule has 188 valence electrons. The molecule has 4 heterocycles. The third-order valence-corrected chi connectivity index (χ3v) is 8.35. The summed E-state index contributed by atoms with van der Waals surface area (Å²) in [7, 11) is 0.0420. The van der Waals surface area contributed by atoms with Crippen molar-refractivity contribution < 1.29 is 17.6 Å². The summed E-state index contributed by atoms with van der Waals surface area (Å²) in [4.78, 5) is 25.7. The lowest BCUT2D eigenvalue weighted by molar-refractivity contribution is -0.125. The quantitative estimate of drug-likeness (QED) is 0.543. The fourth-order valence-electron chi connectivity index (χ4n) is 5.68. The molecule has 1 spiro atoms. The number of halogens is 1. The van der Waals surface area contributed by atoms with Gasteiger partial charge in [-0.2, -0.15) is 0 Å². The summed E-state index contributed by atoms with van der Waals surface area (Å²) in [5.41, 5.74) is 2.59. The van der Waals surface area contributed by atoms with E-state index in [1.54, 1.807) is 36.5 Å². The Morgan fingerprint density at radius 3 is 2.53 bits per heavy atom. The molecule has 6 rings (SSSR count). The second-order valence-electron chi connectivity index (χ2n) is 10.0. The summed E-state index contributed by atoms with van der Waals surface area (Å²) in [6.45, 7) is 1.38. The molecule has 2 N–H and O–H groups in total. The van der Waals surface area contributed by atoms with Crippen LogP contribution in [0.2, 0.25) is 0 Å². The van der Waals surface area contributed by atoms with Crippen LogP contribution in [-0.2, 0) is 20.2 Å². The average Bonchev–Trinajstić information content (AvgIpc) is 3.00. The topological polar surface area (TPSA) is 108 Å². The molecular formula is C25H27FN6O3S. The molecule has 9 nitrogen and oxygen atoms in total. The highest BCUT2D eigenvalue weighted by Crippen LogP contribution is 2.55. The summed E-state index contributed by atoms with van der Waals surface area (Å²) in [6.07, 6.45) is 6.78. The minimum Gasteiger partial charge on any atom is -0.352 e. The van der Waals surface area contributed by atoms with Gasteiger partial charge in [-0.1, -0.05) is 6.42 Å². The zero-order valence-corrected chi connectivity index (χ0v) is 21.1. The van der Waals surface area contributed by atoms with Gasteiger partial charge in [-0.15, -0.1) is 0 Å². The van der Waals surface area contributed by atoms with E-state index in [9.17, 15) is 13.2 Å². The Balaban J connectivity index is 1.50. The number of hydrogen-bond acceptors (Lipinski definition) is 7. The smallest absolute Gasteiger partial charge is 0.237 e. The van der Waals surface area contributed by atoms with Gasteiger partial charge in [-0.05, 0) is 32.0 Å². The van der Waals surface area contributed by atoms with Gasteiger partial charge < -0.3 is 15.1 Å². The van der Waals surface area contributed by atoms with Crippen LogP contribution in [-0.4, -0.2) is 63.8 Å². The van der Waals surface area contributed by atoms with E-state index in [4.69, 9.17) is 0 Å². The Bertz CT molecular complexity index is 1530. The molecule has 3 aliphatic rings. The monoisotopic (exact) mass is 510 g/mol. The van der Waals surface area contributed by atoms with Crippen LogP contribution >= 0.6 is 0 Å². The third kappa shape index (κ3) is 3.36. The van der Waals surface area contributed by atoms with Gasteiger partial charge in [0.1, 0.15) is 5.82 Å². The number of benzene rings is 1. The highest BCUT2D eigenvalue weighted by Gasteiger charge is 2.54. The van der Waals surface area contributed by atoms with Crippen LogP contribution in [0.5, 0.6) is 0 Å². The average molecular weight is 511 g/mol. The zero-order valence-electron chi connectivity index (χ0n) is 20.3. The van der Waals surface area contributed by atoms with Gasteiger partial charge in [0.15, 0.2) is 5.82 Å². The predicted octanol–water partition coefficient (Wildman–Crippen LogP) is 2.61. The van der Waals surface area contributed by atoms with Crippen LogP contribution in [0.3, 0.4) is 0 Å². The van der Waals surface area contributed by atoms with E-state index in [1.165, 1.54) is 6.07 Å². The Kier molecular flexibility index (Phi) is 5.03. The Morgan fingerprint density at radius 2 is 1.89 bits per heavy atom. The molecule has 1 aromatic carbocycles.